The zero-order chi connectivity index (χ0) is 20.3. The Bertz CT molecular complexity index is 1080. The van der Waals surface area contributed by atoms with Crippen molar-refractivity contribution < 1.29 is 14.0 Å². The molecule has 3 rings (SSSR count). The molecule has 3 N–H and O–H groups in total. The normalized spacial score (nSPS) is 12.0. The second-order valence-electron chi connectivity index (χ2n) is 6.73. The number of para-hydroxylation sites is 1. The Labute approximate surface area is 162 Å². The van der Waals surface area contributed by atoms with Crippen molar-refractivity contribution in [2.75, 3.05) is 7.05 Å². The number of amides is 2. The van der Waals surface area contributed by atoms with E-state index in [-0.39, 0.29) is 11.5 Å². The van der Waals surface area contributed by atoms with Crippen molar-refractivity contribution >= 4 is 22.7 Å². The van der Waals surface area contributed by atoms with Crippen LogP contribution in [0.4, 0.5) is 0 Å². The van der Waals surface area contributed by atoms with E-state index in [1.807, 2.05) is 30.5 Å². The average molecular weight is 381 g/mol. The van der Waals surface area contributed by atoms with E-state index in [2.05, 4.69) is 15.6 Å². The van der Waals surface area contributed by atoms with Gasteiger partial charge in [0.2, 0.25) is 5.91 Å². The van der Waals surface area contributed by atoms with Crippen molar-refractivity contribution in [1.82, 2.24) is 15.6 Å². The summed E-state index contributed by atoms with van der Waals surface area (Å²) >= 11 is 0. The number of aryl methyl sites for hydroxylation is 3. The fraction of sp³-hybridized carbons (Fsp3) is 0.286. The van der Waals surface area contributed by atoms with Crippen molar-refractivity contribution in [3.8, 4) is 0 Å². The fourth-order valence-electron chi connectivity index (χ4n) is 3.22. The predicted octanol–water partition coefficient (Wildman–Crippen LogP) is 2.08. The first-order chi connectivity index (χ1) is 13.4. The number of carbonyl (C=O) groups is 2. The van der Waals surface area contributed by atoms with Crippen LogP contribution in [-0.4, -0.2) is 29.9 Å². The van der Waals surface area contributed by atoms with Gasteiger partial charge >= 0.3 is 5.63 Å². The third-order valence-electron chi connectivity index (χ3n) is 4.73. The fourth-order valence-corrected chi connectivity index (χ4v) is 3.22. The molecule has 7 heteroatoms. The molecule has 0 aliphatic heterocycles. The molecule has 2 heterocycles. The molecule has 2 aromatic heterocycles. The van der Waals surface area contributed by atoms with Gasteiger partial charge in [0.25, 0.3) is 5.91 Å². The van der Waals surface area contributed by atoms with Crippen molar-refractivity contribution in [2.45, 2.75) is 32.7 Å². The summed E-state index contributed by atoms with van der Waals surface area (Å²) in [5, 5.41) is 6.09. The molecule has 0 spiro atoms. The number of nitrogens with one attached hydrogen (secondary N) is 3. The van der Waals surface area contributed by atoms with Crippen LogP contribution in [0.1, 0.15) is 34.2 Å². The highest BCUT2D eigenvalue weighted by Crippen LogP contribution is 2.19. The smallest absolute Gasteiger partial charge is 0.349 e. The highest BCUT2D eigenvalue weighted by molar-refractivity contribution is 5.98. The average Bonchev–Trinajstić information content (AvgIpc) is 3.08. The van der Waals surface area contributed by atoms with Crippen molar-refractivity contribution in [3.05, 3.63) is 69.4 Å². The van der Waals surface area contributed by atoms with Gasteiger partial charge in [-0.05, 0) is 43.5 Å². The summed E-state index contributed by atoms with van der Waals surface area (Å²) < 4.78 is 5.36. The lowest BCUT2D eigenvalue weighted by molar-refractivity contribution is -0.122. The Hall–Kier alpha value is -3.35. The van der Waals surface area contributed by atoms with Crippen LogP contribution >= 0.6 is 0 Å². The molecule has 28 heavy (non-hydrogen) atoms. The van der Waals surface area contributed by atoms with E-state index in [0.717, 1.165) is 16.5 Å². The van der Waals surface area contributed by atoms with Gasteiger partial charge in [-0.3, -0.25) is 9.59 Å². The Morgan fingerprint density at radius 2 is 1.96 bits per heavy atom. The number of hydrogen-bond donors (Lipinski definition) is 3. The molecular weight excluding hydrogens is 358 g/mol. The van der Waals surface area contributed by atoms with Gasteiger partial charge in [0, 0.05) is 30.6 Å². The summed E-state index contributed by atoms with van der Waals surface area (Å²) in [4.78, 5) is 39.5. The molecule has 1 aromatic carbocycles. The third kappa shape index (κ3) is 3.98. The molecule has 2 amide bonds. The Kier molecular flexibility index (Phi) is 5.63. The first-order valence-corrected chi connectivity index (χ1v) is 9.11. The number of fused-ring (bicyclic) bond motifs is 1. The molecule has 0 aliphatic carbocycles. The predicted molar refractivity (Wildman–Crippen MR) is 106 cm³/mol. The number of aromatic nitrogens is 1. The molecule has 0 fully saturated rings. The Morgan fingerprint density at radius 1 is 1.21 bits per heavy atom. The Balaban J connectivity index is 1.75. The SMILES string of the molecule is CNC(=O)[C@H](C)NC(=O)c1c(C)cc(CCc2c[nH]c3ccccc23)oc1=O. The van der Waals surface area contributed by atoms with Gasteiger partial charge in [-0.1, -0.05) is 18.2 Å². The second-order valence-corrected chi connectivity index (χ2v) is 6.73. The summed E-state index contributed by atoms with van der Waals surface area (Å²) in [6, 6.07) is 8.96. The molecule has 146 valence electrons. The van der Waals surface area contributed by atoms with E-state index in [1.165, 1.54) is 7.05 Å². The maximum atomic E-state index is 12.4. The highest BCUT2D eigenvalue weighted by atomic mass is 16.4. The standard InChI is InChI=1S/C21H23N3O4/c1-12-10-15(9-8-14-11-23-17-7-5-4-6-16(14)17)28-21(27)18(12)20(26)24-13(2)19(25)22-3/h4-7,10-11,13,23H,8-9H2,1-3H3,(H,22,25)(H,24,26)/t13-/m0/s1. The molecule has 7 nitrogen and oxygen atoms in total. The van der Waals surface area contributed by atoms with Crippen molar-refractivity contribution in [1.29, 1.82) is 0 Å². The van der Waals surface area contributed by atoms with Crippen molar-refractivity contribution in [3.63, 3.8) is 0 Å². The zero-order valence-electron chi connectivity index (χ0n) is 16.1. The minimum atomic E-state index is -0.752. The lowest BCUT2D eigenvalue weighted by Gasteiger charge is -2.13. The molecule has 0 bridgehead atoms. The quantitative estimate of drug-likeness (QED) is 0.608. The second kappa shape index (κ2) is 8.12. The van der Waals surface area contributed by atoms with Crippen LogP contribution in [-0.2, 0) is 17.6 Å². The van der Waals surface area contributed by atoms with Crippen LogP contribution in [0.25, 0.3) is 10.9 Å². The van der Waals surface area contributed by atoms with Gasteiger partial charge < -0.3 is 20.0 Å². The molecule has 0 saturated carbocycles. The number of H-pyrrole nitrogens is 1. The number of carbonyl (C=O) groups excluding carboxylic acids is 2. The molecule has 3 aromatic rings. The zero-order valence-corrected chi connectivity index (χ0v) is 16.1. The largest absolute Gasteiger partial charge is 0.427 e. The molecule has 1 atom stereocenters. The van der Waals surface area contributed by atoms with Gasteiger partial charge in [-0.2, -0.15) is 0 Å². The molecule has 0 saturated heterocycles. The minimum Gasteiger partial charge on any atom is -0.427 e. The monoisotopic (exact) mass is 381 g/mol. The van der Waals surface area contributed by atoms with Crippen LogP contribution in [0, 0.1) is 6.92 Å². The summed E-state index contributed by atoms with van der Waals surface area (Å²) in [6.07, 6.45) is 3.19. The summed E-state index contributed by atoms with van der Waals surface area (Å²) in [7, 11) is 1.48. The van der Waals surface area contributed by atoms with Gasteiger partial charge in [0.1, 0.15) is 17.4 Å². The van der Waals surface area contributed by atoms with Crippen LogP contribution in [0.15, 0.2) is 45.7 Å². The number of rotatable bonds is 6. The lowest BCUT2D eigenvalue weighted by Crippen LogP contribution is -2.44. The first kappa shape index (κ1) is 19.4. The molecular formula is C21H23N3O4. The maximum Gasteiger partial charge on any atom is 0.349 e. The maximum absolute atomic E-state index is 12.4. The van der Waals surface area contributed by atoms with Gasteiger partial charge in [-0.15, -0.1) is 0 Å². The van der Waals surface area contributed by atoms with E-state index in [1.54, 1.807) is 19.9 Å². The van der Waals surface area contributed by atoms with Gasteiger partial charge in [0.15, 0.2) is 0 Å². The van der Waals surface area contributed by atoms with Crippen LogP contribution in [0.3, 0.4) is 0 Å². The Morgan fingerprint density at radius 3 is 2.68 bits per heavy atom. The van der Waals surface area contributed by atoms with Crippen LogP contribution < -0.4 is 16.3 Å². The third-order valence-corrected chi connectivity index (χ3v) is 4.73. The lowest BCUT2D eigenvalue weighted by atomic mass is 10.1. The van der Waals surface area contributed by atoms with Crippen LogP contribution in [0.5, 0.6) is 0 Å². The summed E-state index contributed by atoms with van der Waals surface area (Å²) in [6.45, 7) is 3.23. The van der Waals surface area contributed by atoms with Crippen LogP contribution in [0.2, 0.25) is 0 Å². The summed E-state index contributed by atoms with van der Waals surface area (Å²) in [5.74, 6) is -0.444. The van der Waals surface area contributed by atoms with Gasteiger partial charge in [0.05, 0.1) is 0 Å². The number of aromatic amines is 1. The minimum absolute atomic E-state index is 0.0772. The number of benzene rings is 1. The number of hydrogen-bond acceptors (Lipinski definition) is 4. The molecule has 0 radical (unpaired) electrons. The molecule has 0 aliphatic rings. The van der Waals surface area contributed by atoms with Crippen molar-refractivity contribution in [2.24, 2.45) is 0 Å². The van der Waals surface area contributed by atoms with E-state index >= 15 is 0 Å². The van der Waals surface area contributed by atoms with E-state index in [0.29, 0.717) is 24.2 Å². The van der Waals surface area contributed by atoms with Gasteiger partial charge in [-0.25, -0.2) is 4.79 Å². The number of likely N-dealkylation sites (N-methyl/N-ethyl adjacent to an activating group) is 1. The highest BCUT2D eigenvalue weighted by Gasteiger charge is 2.21. The van der Waals surface area contributed by atoms with E-state index < -0.39 is 17.6 Å². The molecule has 0 unspecified atom stereocenters. The summed E-state index contributed by atoms with van der Waals surface area (Å²) in [5.41, 5.74) is 1.94. The van der Waals surface area contributed by atoms with E-state index in [4.69, 9.17) is 4.42 Å². The first-order valence-electron chi connectivity index (χ1n) is 9.11. The van der Waals surface area contributed by atoms with E-state index in [9.17, 15) is 14.4 Å². The topological polar surface area (TPSA) is 104 Å².